The Morgan fingerprint density at radius 1 is 1.33 bits per heavy atom. The first-order valence-corrected chi connectivity index (χ1v) is 7.27. The largest absolute Gasteiger partial charge is 0.468 e. The van der Waals surface area contributed by atoms with Gasteiger partial charge in [0.2, 0.25) is 0 Å². The van der Waals surface area contributed by atoms with Crippen LogP contribution in [0.5, 0.6) is 0 Å². The summed E-state index contributed by atoms with van der Waals surface area (Å²) in [5.41, 5.74) is 1.34. The van der Waals surface area contributed by atoms with Crippen molar-refractivity contribution in [2.45, 2.75) is 58.2 Å². The molecule has 0 spiro atoms. The fraction of sp³-hybridized carbons (Fsp3) is 0.733. The second-order valence-electron chi connectivity index (χ2n) is 5.36. The molecule has 3 heteroatoms. The van der Waals surface area contributed by atoms with E-state index < -0.39 is 0 Å². The maximum Gasteiger partial charge on any atom is 0.122 e. The number of hydrogen-bond acceptors (Lipinski definition) is 3. The van der Waals surface area contributed by atoms with E-state index in [2.05, 4.69) is 30.3 Å². The molecular formula is C15H26N2O. The second kappa shape index (κ2) is 6.95. The van der Waals surface area contributed by atoms with Crippen LogP contribution in [0.2, 0.25) is 0 Å². The van der Waals surface area contributed by atoms with Crippen molar-refractivity contribution in [3.63, 3.8) is 0 Å². The summed E-state index contributed by atoms with van der Waals surface area (Å²) < 4.78 is 5.57. The van der Waals surface area contributed by atoms with E-state index in [0.29, 0.717) is 0 Å². The maximum absolute atomic E-state index is 5.57. The lowest BCUT2D eigenvalue weighted by Crippen LogP contribution is -2.33. The van der Waals surface area contributed by atoms with Gasteiger partial charge in [-0.3, -0.25) is 4.90 Å². The monoisotopic (exact) mass is 250 g/mol. The van der Waals surface area contributed by atoms with Gasteiger partial charge in [-0.25, -0.2) is 0 Å². The van der Waals surface area contributed by atoms with Crippen molar-refractivity contribution in [3.8, 4) is 0 Å². The molecule has 0 atom stereocenters. The zero-order valence-corrected chi connectivity index (χ0v) is 11.7. The van der Waals surface area contributed by atoms with Gasteiger partial charge in [0.1, 0.15) is 5.76 Å². The molecule has 1 fully saturated rings. The molecular weight excluding hydrogens is 224 g/mol. The van der Waals surface area contributed by atoms with Gasteiger partial charge in [-0.1, -0.05) is 26.2 Å². The van der Waals surface area contributed by atoms with Crippen LogP contribution in [0.3, 0.4) is 0 Å². The Hall–Kier alpha value is -0.800. The molecule has 18 heavy (non-hydrogen) atoms. The van der Waals surface area contributed by atoms with Crippen molar-refractivity contribution in [2.75, 3.05) is 13.6 Å². The third-order valence-corrected chi connectivity index (χ3v) is 3.99. The standard InChI is InChI=1S/C15H26N2O/c1-3-16-11-15-13(9-10-18-15)12-17(2)14-7-5-4-6-8-14/h9-10,14,16H,3-8,11-12H2,1-2H3. The molecule has 2 rings (SSSR count). The SMILES string of the molecule is CCNCc1occc1CN(C)C1CCCCC1. The van der Waals surface area contributed by atoms with E-state index in [-0.39, 0.29) is 0 Å². The Kier molecular flexibility index (Phi) is 5.26. The molecule has 0 aromatic carbocycles. The predicted octanol–water partition coefficient (Wildman–Crippen LogP) is 3.15. The molecule has 0 bridgehead atoms. The first-order valence-electron chi connectivity index (χ1n) is 7.27. The first kappa shape index (κ1) is 13.6. The summed E-state index contributed by atoms with van der Waals surface area (Å²) in [4.78, 5) is 2.50. The van der Waals surface area contributed by atoms with Crippen molar-refractivity contribution in [1.82, 2.24) is 10.2 Å². The average molecular weight is 250 g/mol. The summed E-state index contributed by atoms with van der Waals surface area (Å²) in [7, 11) is 2.25. The summed E-state index contributed by atoms with van der Waals surface area (Å²) in [5, 5.41) is 3.33. The van der Waals surface area contributed by atoms with Gasteiger partial charge in [0.05, 0.1) is 12.8 Å². The van der Waals surface area contributed by atoms with Gasteiger partial charge in [0.25, 0.3) is 0 Å². The Labute approximate surface area is 111 Å². The van der Waals surface area contributed by atoms with Gasteiger partial charge in [-0.15, -0.1) is 0 Å². The van der Waals surface area contributed by atoms with Crippen LogP contribution in [-0.4, -0.2) is 24.5 Å². The zero-order valence-electron chi connectivity index (χ0n) is 11.7. The molecule has 0 radical (unpaired) electrons. The Balaban J connectivity index is 1.89. The molecule has 1 aliphatic carbocycles. The number of hydrogen-bond donors (Lipinski definition) is 1. The Morgan fingerprint density at radius 2 is 2.11 bits per heavy atom. The molecule has 1 heterocycles. The van der Waals surface area contributed by atoms with Gasteiger partial charge in [0.15, 0.2) is 0 Å². The summed E-state index contributed by atoms with van der Waals surface area (Å²) >= 11 is 0. The number of rotatable bonds is 6. The van der Waals surface area contributed by atoms with Crippen LogP contribution in [0.4, 0.5) is 0 Å². The molecule has 1 aliphatic rings. The van der Waals surface area contributed by atoms with Crippen LogP contribution in [0.25, 0.3) is 0 Å². The van der Waals surface area contributed by atoms with E-state index in [1.54, 1.807) is 0 Å². The van der Waals surface area contributed by atoms with E-state index in [4.69, 9.17) is 4.42 Å². The third kappa shape index (κ3) is 3.59. The minimum atomic E-state index is 0.764. The Morgan fingerprint density at radius 3 is 2.83 bits per heavy atom. The fourth-order valence-electron chi connectivity index (χ4n) is 2.82. The minimum absolute atomic E-state index is 0.764. The van der Waals surface area contributed by atoms with Crippen molar-refractivity contribution in [3.05, 3.63) is 23.7 Å². The normalized spacial score (nSPS) is 17.5. The van der Waals surface area contributed by atoms with Crippen LogP contribution >= 0.6 is 0 Å². The molecule has 0 amide bonds. The molecule has 0 unspecified atom stereocenters. The van der Waals surface area contributed by atoms with Gasteiger partial charge >= 0.3 is 0 Å². The summed E-state index contributed by atoms with van der Waals surface area (Å²) in [5.74, 6) is 1.10. The molecule has 1 aromatic heterocycles. The van der Waals surface area contributed by atoms with E-state index in [1.807, 2.05) is 6.26 Å². The van der Waals surface area contributed by atoms with Crippen LogP contribution in [0.1, 0.15) is 50.4 Å². The van der Waals surface area contributed by atoms with Gasteiger partial charge < -0.3 is 9.73 Å². The quantitative estimate of drug-likeness (QED) is 0.840. The maximum atomic E-state index is 5.57. The van der Waals surface area contributed by atoms with Crippen molar-refractivity contribution >= 4 is 0 Å². The molecule has 1 saturated carbocycles. The highest BCUT2D eigenvalue weighted by Crippen LogP contribution is 2.23. The van der Waals surface area contributed by atoms with E-state index in [9.17, 15) is 0 Å². The lowest BCUT2D eigenvalue weighted by atomic mass is 9.94. The van der Waals surface area contributed by atoms with Crippen LogP contribution in [0, 0.1) is 0 Å². The molecule has 0 saturated heterocycles. The van der Waals surface area contributed by atoms with Crippen molar-refractivity contribution in [2.24, 2.45) is 0 Å². The zero-order chi connectivity index (χ0) is 12.8. The molecule has 102 valence electrons. The van der Waals surface area contributed by atoms with E-state index in [1.165, 1.54) is 37.7 Å². The number of nitrogens with one attached hydrogen (secondary N) is 1. The topological polar surface area (TPSA) is 28.4 Å². The highest BCUT2D eigenvalue weighted by atomic mass is 16.3. The van der Waals surface area contributed by atoms with E-state index >= 15 is 0 Å². The third-order valence-electron chi connectivity index (χ3n) is 3.99. The van der Waals surface area contributed by atoms with Crippen molar-refractivity contribution < 1.29 is 4.42 Å². The van der Waals surface area contributed by atoms with Crippen LogP contribution in [-0.2, 0) is 13.1 Å². The molecule has 1 N–H and O–H groups in total. The highest BCUT2D eigenvalue weighted by Gasteiger charge is 2.19. The van der Waals surface area contributed by atoms with E-state index in [0.717, 1.165) is 31.4 Å². The Bertz CT molecular complexity index is 342. The number of nitrogens with zero attached hydrogens (tertiary/aromatic N) is 1. The summed E-state index contributed by atoms with van der Waals surface area (Å²) in [6, 6.07) is 2.88. The first-order chi connectivity index (χ1) is 8.81. The lowest BCUT2D eigenvalue weighted by Gasteiger charge is -2.31. The van der Waals surface area contributed by atoms with Crippen molar-refractivity contribution in [1.29, 1.82) is 0 Å². The van der Waals surface area contributed by atoms with Gasteiger partial charge in [-0.2, -0.15) is 0 Å². The average Bonchev–Trinajstić information content (AvgIpc) is 2.84. The predicted molar refractivity (Wildman–Crippen MR) is 74.4 cm³/mol. The lowest BCUT2D eigenvalue weighted by molar-refractivity contribution is 0.183. The minimum Gasteiger partial charge on any atom is -0.468 e. The van der Waals surface area contributed by atoms with Crippen LogP contribution < -0.4 is 5.32 Å². The molecule has 0 aliphatic heterocycles. The summed E-state index contributed by atoms with van der Waals surface area (Å²) in [6.45, 7) is 4.97. The highest BCUT2D eigenvalue weighted by molar-refractivity contribution is 5.17. The second-order valence-corrected chi connectivity index (χ2v) is 5.36. The number of furan rings is 1. The van der Waals surface area contributed by atoms with Gasteiger partial charge in [-0.05, 0) is 32.5 Å². The van der Waals surface area contributed by atoms with Crippen LogP contribution in [0.15, 0.2) is 16.7 Å². The molecule has 1 aromatic rings. The molecule has 3 nitrogen and oxygen atoms in total. The fourth-order valence-corrected chi connectivity index (χ4v) is 2.82. The summed E-state index contributed by atoms with van der Waals surface area (Å²) in [6.07, 6.45) is 8.74. The smallest absolute Gasteiger partial charge is 0.122 e. The van der Waals surface area contributed by atoms with Gasteiger partial charge in [0, 0.05) is 18.2 Å².